The van der Waals surface area contributed by atoms with Gasteiger partial charge in [-0.25, -0.2) is 9.59 Å². The van der Waals surface area contributed by atoms with Gasteiger partial charge in [-0.1, -0.05) is 7.43 Å². The van der Waals surface area contributed by atoms with Gasteiger partial charge in [-0.2, -0.15) is 0 Å². The van der Waals surface area contributed by atoms with Gasteiger partial charge in [0.15, 0.2) is 23.0 Å². The Hall–Kier alpha value is -3.50. The summed E-state index contributed by atoms with van der Waals surface area (Å²) in [4.78, 5) is 22.2. The molecule has 0 radical (unpaired) electrons. The summed E-state index contributed by atoms with van der Waals surface area (Å²) in [7, 11) is 7.66. The molecule has 0 unspecified atom stereocenters. The van der Waals surface area contributed by atoms with Crippen LogP contribution in [-0.2, 0) is 14.2 Å². The number of hydrogen-bond acceptors (Lipinski definition) is 9. The van der Waals surface area contributed by atoms with Crippen molar-refractivity contribution in [1.82, 2.24) is 0 Å². The number of carboxylic acids is 1. The van der Waals surface area contributed by atoms with Crippen molar-refractivity contribution in [1.29, 1.82) is 0 Å². The lowest BCUT2D eigenvalue weighted by atomic mass is 10.2. The first kappa shape index (κ1) is 32.5. The Bertz CT molecular complexity index is 914. The minimum absolute atomic E-state index is 0. The van der Waals surface area contributed by atoms with Crippen LogP contribution in [0.4, 0.5) is 0 Å². The number of carboxylic acid groups (broad SMARTS) is 1. The van der Waals surface area contributed by atoms with Gasteiger partial charge in [-0.05, 0) is 36.4 Å². The Balaban J connectivity index is 0.000000663. The van der Waals surface area contributed by atoms with Crippen LogP contribution in [0.15, 0.2) is 36.4 Å². The summed E-state index contributed by atoms with van der Waals surface area (Å²) in [6.45, 7) is 2.17. The molecule has 0 aliphatic heterocycles. The van der Waals surface area contributed by atoms with Crippen LogP contribution in [0.25, 0.3) is 0 Å². The molecule has 2 rings (SSSR count). The van der Waals surface area contributed by atoms with E-state index in [4.69, 9.17) is 33.5 Å². The minimum atomic E-state index is -0.991. The molecule has 0 heterocycles. The highest BCUT2D eigenvalue weighted by Crippen LogP contribution is 2.29. The highest BCUT2D eigenvalue weighted by atomic mass is 16.5. The van der Waals surface area contributed by atoms with E-state index >= 15 is 0 Å². The first-order valence-electron chi connectivity index (χ1n) is 10.8. The van der Waals surface area contributed by atoms with E-state index in [1.54, 1.807) is 45.6 Å². The van der Waals surface area contributed by atoms with Crippen molar-refractivity contribution in [3.8, 4) is 23.0 Å². The van der Waals surface area contributed by atoms with E-state index in [9.17, 15) is 9.59 Å². The molecule has 2 aromatic rings. The minimum Gasteiger partial charge on any atom is -0.493 e. The third kappa shape index (κ3) is 11.3. The number of ether oxygens (including phenoxy) is 7. The molecule has 0 atom stereocenters. The Kier molecular flexibility index (Phi) is 17.0. The average Bonchev–Trinajstić information content (AvgIpc) is 2.88. The Morgan fingerprint density at radius 1 is 0.667 bits per heavy atom. The van der Waals surface area contributed by atoms with E-state index < -0.39 is 11.9 Å². The lowest BCUT2D eigenvalue weighted by Gasteiger charge is -2.11. The number of aromatic carboxylic acids is 1. The van der Waals surface area contributed by atoms with E-state index in [1.807, 2.05) is 0 Å². The highest BCUT2D eigenvalue weighted by molar-refractivity contribution is 5.90. The number of hydrogen-bond donors (Lipinski definition) is 1. The zero-order chi connectivity index (χ0) is 26.1. The largest absolute Gasteiger partial charge is 0.493 e. The van der Waals surface area contributed by atoms with Crippen LogP contribution >= 0.6 is 0 Å². The summed E-state index contributed by atoms with van der Waals surface area (Å²) >= 11 is 0. The molecule has 0 aromatic heterocycles. The molecule has 0 aliphatic carbocycles. The number of carbonyl (C=O) groups is 2. The molecular weight excluding hydrogens is 472 g/mol. The molecule has 0 fully saturated rings. The SMILES string of the molecule is C.COCCCOc1cc(C(=O)O)ccc1OC.COCCCOc1cc(C(=O)OC)ccc1OC. The standard InChI is InChI=1S/C13H18O5.C12H16O5.CH4/c1-15-7-4-8-18-12-9-10(13(14)17-3)5-6-11(12)16-2;1-15-6-3-7-17-11-8-9(12(13)14)4-5-10(11)16-2;/h5-6,9H,4,7-8H2,1-3H3;4-5,8H,3,6-7H2,1-2H3,(H,13,14);1H4. The predicted octanol–water partition coefficient (Wildman–Crippen LogP) is 4.34. The summed E-state index contributed by atoms with van der Waals surface area (Å²) < 4.78 is 35.7. The maximum absolute atomic E-state index is 11.4. The first-order valence-corrected chi connectivity index (χ1v) is 10.8. The monoisotopic (exact) mass is 510 g/mol. The van der Waals surface area contributed by atoms with Gasteiger partial charge in [-0.15, -0.1) is 0 Å². The number of benzene rings is 2. The second kappa shape index (κ2) is 18.8. The summed E-state index contributed by atoms with van der Waals surface area (Å²) in [5.41, 5.74) is 0.604. The topological polar surface area (TPSA) is 119 Å². The molecule has 10 nitrogen and oxygen atoms in total. The normalized spacial score (nSPS) is 9.69. The Morgan fingerprint density at radius 3 is 1.50 bits per heavy atom. The van der Waals surface area contributed by atoms with Crippen molar-refractivity contribution >= 4 is 11.9 Å². The van der Waals surface area contributed by atoms with Gasteiger partial charge in [0.25, 0.3) is 0 Å². The van der Waals surface area contributed by atoms with Crippen molar-refractivity contribution in [2.24, 2.45) is 0 Å². The molecule has 1 N–H and O–H groups in total. The molecule has 0 bridgehead atoms. The van der Waals surface area contributed by atoms with Crippen molar-refractivity contribution in [2.45, 2.75) is 20.3 Å². The maximum Gasteiger partial charge on any atom is 0.337 e. The van der Waals surface area contributed by atoms with E-state index in [2.05, 4.69) is 4.74 Å². The van der Waals surface area contributed by atoms with E-state index in [0.717, 1.165) is 12.8 Å². The lowest BCUT2D eigenvalue weighted by Crippen LogP contribution is -2.05. The van der Waals surface area contributed by atoms with Crippen LogP contribution in [-0.4, -0.2) is 79.0 Å². The fraction of sp³-hybridized carbons (Fsp3) is 0.462. The average molecular weight is 511 g/mol. The molecule has 0 saturated heterocycles. The van der Waals surface area contributed by atoms with Crippen molar-refractivity contribution in [3.63, 3.8) is 0 Å². The van der Waals surface area contributed by atoms with Gasteiger partial charge in [0.2, 0.25) is 0 Å². The first-order chi connectivity index (χ1) is 16.9. The van der Waals surface area contributed by atoms with E-state index in [1.165, 1.54) is 26.4 Å². The molecule has 36 heavy (non-hydrogen) atoms. The molecule has 0 aliphatic rings. The highest BCUT2D eigenvalue weighted by Gasteiger charge is 2.11. The van der Waals surface area contributed by atoms with Gasteiger partial charge >= 0.3 is 11.9 Å². The molecule has 0 amide bonds. The third-order valence-corrected chi connectivity index (χ3v) is 4.50. The molecule has 2 aromatic carbocycles. The zero-order valence-electron chi connectivity index (χ0n) is 20.8. The predicted molar refractivity (Wildman–Crippen MR) is 135 cm³/mol. The number of carbonyl (C=O) groups excluding carboxylic acids is 1. The maximum atomic E-state index is 11.4. The van der Waals surface area contributed by atoms with Crippen molar-refractivity contribution in [3.05, 3.63) is 47.5 Å². The van der Waals surface area contributed by atoms with Crippen LogP contribution in [0.1, 0.15) is 41.0 Å². The molecule has 0 spiro atoms. The van der Waals surface area contributed by atoms with Gasteiger partial charge in [0, 0.05) is 40.3 Å². The molecule has 0 saturated carbocycles. The van der Waals surface area contributed by atoms with Crippen LogP contribution < -0.4 is 18.9 Å². The smallest absolute Gasteiger partial charge is 0.337 e. The van der Waals surface area contributed by atoms with Crippen LogP contribution in [0.3, 0.4) is 0 Å². The molecule has 202 valence electrons. The van der Waals surface area contributed by atoms with Crippen LogP contribution in [0, 0.1) is 0 Å². The lowest BCUT2D eigenvalue weighted by molar-refractivity contribution is 0.0599. The summed E-state index contributed by atoms with van der Waals surface area (Å²) in [5.74, 6) is 0.668. The van der Waals surface area contributed by atoms with Gasteiger partial charge in [0.1, 0.15) is 0 Å². The van der Waals surface area contributed by atoms with E-state index in [0.29, 0.717) is 55.0 Å². The summed E-state index contributed by atoms with van der Waals surface area (Å²) in [6.07, 6.45) is 1.50. The van der Waals surface area contributed by atoms with E-state index in [-0.39, 0.29) is 13.0 Å². The summed E-state index contributed by atoms with van der Waals surface area (Å²) in [6, 6.07) is 9.42. The van der Waals surface area contributed by atoms with Crippen LogP contribution in [0.2, 0.25) is 0 Å². The number of methoxy groups -OCH3 is 5. The second-order valence-corrected chi connectivity index (χ2v) is 6.92. The quantitative estimate of drug-likeness (QED) is 0.290. The van der Waals surface area contributed by atoms with Gasteiger partial charge < -0.3 is 38.3 Å². The number of rotatable bonds is 14. The Morgan fingerprint density at radius 2 is 1.11 bits per heavy atom. The van der Waals surface area contributed by atoms with Crippen molar-refractivity contribution < 1.29 is 47.9 Å². The van der Waals surface area contributed by atoms with Crippen molar-refractivity contribution in [2.75, 3.05) is 62.0 Å². The fourth-order valence-corrected chi connectivity index (χ4v) is 2.73. The summed E-state index contributed by atoms with van der Waals surface area (Å²) in [5, 5.41) is 8.87. The Labute approximate surface area is 213 Å². The fourth-order valence-electron chi connectivity index (χ4n) is 2.73. The number of esters is 1. The third-order valence-electron chi connectivity index (χ3n) is 4.50. The van der Waals surface area contributed by atoms with Gasteiger partial charge in [0.05, 0.1) is 45.7 Å². The van der Waals surface area contributed by atoms with Gasteiger partial charge in [-0.3, -0.25) is 0 Å². The zero-order valence-corrected chi connectivity index (χ0v) is 20.8. The van der Waals surface area contributed by atoms with Crippen LogP contribution in [0.5, 0.6) is 23.0 Å². The molecule has 10 heteroatoms. The second-order valence-electron chi connectivity index (χ2n) is 6.92. The molecular formula is C26H38O10.